The minimum Gasteiger partial charge on any atom is -0.338 e. The normalized spacial score (nSPS) is 19.5. The molecule has 0 bridgehead atoms. The SMILES string of the molecule is Cn1c(CN2CCC3(CC2)CC(=O)N(Cc2ccccc2)C3)nc2ccccc21. The van der Waals surface area contributed by atoms with Crippen molar-refractivity contribution in [2.45, 2.75) is 32.4 Å². The van der Waals surface area contributed by atoms with Gasteiger partial charge >= 0.3 is 0 Å². The number of rotatable bonds is 4. The topological polar surface area (TPSA) is 41.4 Å². The van der Waals surface area contributed by atoms with Crippen LogP contribution in [-0.2, 0) is 24.9 Å². The number of amides is 1. The van der Waals surface area contributed by atoms with Gasteiger partial charge in [-0.2, -0.15) is 0 Å². The Morgan fingerprint density at radius 2 is 1.69 bits per heavy atom. The predicted molar refractivity (Wildman–Crippen MR) is 114 cm³/mol. The number of hydrogen-bond donors (Lipinski definition) is 0. The summed E-state index contributed by atoms with van der Waals surface area (Å²) in [6.45, 7) is 4.60. The molecular formula is C24H28N4O. The number of aromatic nitrogens is 2. The first-order chi connectivity index (χ1) is 14.1. The maximum absolute atomic E-state index is 12.7. The number of piperidine rings is 1. The molecule has 1 aromatic heterocycles. The van der Waals surface area contributed by atoms with Crippen LogP contribution in [-0.4, -0.2) is 44.9 Å². The highest BCUT2D eigenvalue weighted by Gasteiger charge is 2.44. The molecule has 2 fully saturated rings. The molecule has 0 saturated carbocycles. The van der Waals surface area contributed by atoms with Gasteiger partial charge < -0.3 is 9.47 Å². The lowest BCUT2D eigenvalue weighted by atomic mass is 9.77. The Hall–Kier alpha value is -2.66. The monoisotopic (exact) mass is 388 g/mol. The summed E-state index contributed by atoms with van der Waals surface area (Å²) in [6, 6.07) is 18.7. The van der Waals surface area contributed by atoms with Crippen LogP contribution >= 0.6 is 0 Å². The summed E-state index contributed by atoms with van der Waals surface area (Å²) in [6.07, 6.45) is 2.89. The molecule has 0 radical (unpaired) electrons. The Balaban J connectivity index is 1.22. The zero-order chi connectivity index (χ0) is 19.8. The van der Waals surface area contributed by atoms with E-state index in [1.54, 1.807) is 0 Å². The Morgan fingerprint density at radius 1 is 0.966 bits per heavy atom. The standard InChI is InChI=1S/C24H28N4O/c1-26-21-10-6-5-9-20(21)25-22(26)17-27-13-11-24(12-14-27)15-23(29)28(18-24)16-19-7-3-2-4-8-19/h2-10H,11-18H2,1H3. The summed E-state index contributed by atoms with van der Waals surface area (Å²) >= 11 is 0. The van der Waals surface area contributed by atoms with Crippen molar-refractivity contribution in [3.05, 3.63) is 66.0 Å². The first-order valence-corrected chi connectivity index (χ1v) is 10.6. The lowest BCUT2D eigenvalue weighted by Gasteiger charge is -2.38. The van der Waals surface area contributed by atoms with Crippen LogP contribution in [0.5, 0.6) is 0 Å². The molecular weight excluding hydrogens is 360 g/mol. The van der Waals surface area contributed by atoms with Crippen molar-refractivity contribution in [3.8, 4) is 0 Å². The Bertz CT molecular complexity index is 1020. The third-order valence-electron chi connectivity index (χ3n) is 6.78. The van der Waals surface area contributed by atoms with Crippen LogP contribution in [0.1, 0.15) is 30.7 Å². The molecule has 5 heteroatoms. The van der Waals surface area contributed by atoms with E-state index >= 15 is 0 Å². The molecule has 2 saturated heterocycles. The fourth-order valence-corrected chi connectivity index (χ4v) is 4.99. The number of para-hydroxylation sites is 2. The summed E-state index contributed by atoms with van der Waals surface area (Å²) in [7, 11) is 2.10. The van der Waals surface area contributed by atoms with E-state index in [2.05, 4.69) is 51.7 Å². The maximum Gasteiger partial charge on any atom is 0.223 e. The van der Waals surface area contributed by atoms with E-state index in [0.29, 0.717) is 12.3 Å². The minimum absolute atomic E-state index is 0.161. The number of carbonyl (C=O) groups is 1. The second kappa shape index (κ2) is 7.30. The van der Waals surface area contributed by atoms with Crippen molar-refractivity contribution < 1.29 is 4.79 Å². The zero-order valence-corrected chi connectivity index (χ0v) is 17.1. The van der Waals surface area contributed by atoms with Crippen molar-refractivity contribution in [1.82, 2.24) is 19.4 Å². The molecule has 1 spiro atoms. The molecule has 29 heavy (non-hydrogen) atoms. The first kappa shape index (κ1) is 18.4. The maximum atomic E-state index is 12.7. The van der Waals surface area contributed by atoms with Crippen LogP contribution in [0.25, 0.3) is 11.0 Å². The summed E-state index contributed by atoms with van der Waals surface area (Å²) in [5, 5.41) is 0. The van der Waals surface area contributed by atoms with Crippen molar-refractivity contribution in [3.63, 3.8) is 0 Å². The number of imidazole rings is 1. The number of benzene rings is 2. The minimum atomic E-state index is 0.161. The number of aryl methyl sites for hydroxylation is 1. The highest BCUT2D eigenvalue weighted by Crippen LogP contribution is 2.41. The van der Waals surface area contributed by atoms with Crippen molar-refractivity contribution in [2.75, 3.05) is 19.6 Å². The molecule has 2 aliphatic rings. The molecule has 0 aliphatic carbocycles. The number of carbonyl (C=O) groups excluding carboxylic acids is 1. The first-order valence-electron chi connectivity index (χ1n) is 10.6. The van der Waals surface area contributed by atoms with E-state index in [4.69, 9.17) is 4.98 Å². The molecule has 2 aromatic carbocycles. The second-order valence-corrected chi connectivity index (χ2v) is 8.76. The number of nitrogens with zero attached hydrogens (tertiary/aromatic N) is 4. The van der Waals surface area contributed by atoms with Crippen LogP contribution in [0.15, 0.2) is 54.6 Å². The molecule has 5 nitrogen and oxygen atoms in total. The third kappa shape index (κ3) is 3.55. The number of fused-ring (bicyclic) bond motifs is 1. The molecule has 3 heterocycles. The van der Waals surface area contributed by atoms with Gasteiger partial charge in [0.15, 0.2) is 0 Å². The van der Waals surface area contributed by atoms with E-state index in [-0.39, 0.29) is 5.41 Å². The van der Waals surface area contributed by atoms with E-state index < -0.39 is 0 Å². The van der Waals surface area contributed by atoms with Gasteiger partial charge in [0.2, 0.25) is 5.91 Å². The quantitative estimate of drug-likeness (QED) is 0.686. The van der Waals surface area contributed by atoms with Gasteiger partial charge in [0.25, 0.3) is 0 Å². The van der Waals surface area contributed by atoms with Crippen LogP contribution in [0.4, 0.5) is 0 Å². The summed E-state index contributed by atoms with van der Waals surface area (Å²) in [5.41, 5.74) is 3.64. The van der Waals surface area contributed by atoms with Gasteiger partial charge in [0.05, 0.1) is 17.6 Å². The highest BCUT2D eigenvalue weighted by molar-refractivity contribution is 5.79. The predicted octanol–water partition coefficient (Wildman–Crippen LogP) is 3.59. The number of likely N-dealkylation sites (tertiary alicyclic amines) is 2. The Morgan fingerprint density at radius 3 is 2.45 bits per heavy atom. The van der Waals surface area contributed by atoms with Gasteiger partial charge in [-0.3, -0.25) is 9.69 Å². The summed E-state index contributed by atoms with van der Waals surface area (Å²) in [4.78, 5) is 22.1. The lowest BCUT2D eigenvalue weighted by Crippen LogP contribution is -2.41. The summed E-state index contributed by atoms with van der Waals surface area (Å²) < 4.78 is 2.21. The van der Waals surface area contributed by atoms with E-state index in [1.807, 2.05) is 24.3 Å². The molecule has 5 rings (SSSR count). The average Bonchev–Trinajstić information content (AvgIpc) is 3.21. The molecule has 0 unspecified atom stereocenters. The van der Waals surface area contributed by atoms with E-state index in [9.17, 15) is 4.79 Å². The van der Waals surface area contributed by atoms with Crippen molar-refractivity contribution >= 4 is 16.9 Å². The van der Waals surface area contributed by atoms with Gasteiger partial charge in [-0.15, -0.1) is 0 Å². The van der Waals surface area contributed by atoms with E-state index in [1.165, 1.54) is 11.1 Å². The smallest absolute Gasteiger partial charge is 0.223 e. The fraction of sp³-hybridized carbons (Fsp3) is 0.417. The third-order valence-corrected chi connectivity index (χ3v) is 6.78. The van der Waals surface area contributed by atoms with Gasteiger partial charge in [-0.1, -0.05) is 42.5 Å². The molecule has 1 amide bonds. The lowest BCUT2D eigenvalue weighted by molar-refractivity contribution is -0.128. The Kier molecular flexibility index (Phi) is 4.63. The molecule has 2 aliphatic heterocycles. The average molecular weight is 389 g/mol. The van der Waals surface area contributed by atoms with Gasteiger partial charge in [0, 0.05) is 26.6 Å². The van der Waals surface area contributed by atoms with Crippen LogP contribution in [0.3, 0.4) is 0 Å². The largest absolute Gasteiger partial charge is 0.338 e. The molecule has 0 atom stereocenters. The van der Waals surface area contributed by atoms with Crippen molar-refractivity contribution in [2.24, 2.45) is 12.5 Å². The van der Waals surface area contributed by atoms with Crippen LogP contribution in [0.2, 0.25) is 0 Å². The molecule has 3 aromatic rings. The zero-order valence-electron chi connectivity index (χ0n) is 17.1. The van der Waals surface area contributed by atoms with Crippen molar-refractivity contribution in [1.29, 1.82) is 0 Å². The second-order valence-electron chi connectivity index (χ2n) is 8.76. The van der Waals surface area contributed by atoms with Gasteiger partial charge in [0.1, 0.15) is 5.82 Å². The Labute approximate surface area is 171 Å². The fourth-order valence-electron chi connectivity index (χ4n) is 4.99. The van der Waals surface area contributed by atoms with Gasteiger partial charge in [-0.05, 0) is 49.0 Å². The highest BCUT2D eigenvalue weighted by atomic mass is 16.2. The van der Waals surface area contributed by atoms with Crippen LogP contribution in [0, 0.1) is 5.41 Å². The van der Waals surface area contributed by atoms with Crippen LogP contribution < -0.4 is 0 Å². The summed E-state index contributed by atoms with van der Waals surface area (Å²) in [5.74, 6) is 1.44. The molecule has 0 N–H and O–H groups in total. The number of hydrogen-bond acceptors (Lipinski definition) is 3. The van der Waals surface area contributed by atoms with E-state index in [0.717, 1.165) is 56.9 Å². The molecule has 150 valence electrons. The van der Waals surface area contributed by atoms with Gasteiger partial charge in [-0.25, -0.2) is 4.98 Å².